The van der Waals surface area contributed by atoms with Gasteiger partial charge in [0.15, 0.2) is 0 Å². The Hall–Kier alpha value is -1.37. The first kappa shape index (κ1) is 17.0. The summed E-state index contributed by atoms with van der Waals surface area (Å²) in [7, 11) is 0. The Morgan fingerprint density at radius 2 is 1.73 bits per heavy atom. The third-order valence-electron chi connectivity index (χ3n) is 4.76. The van der Waals surface area contributed by atoms with Crippen molar-refractivity contribution in [3.05, 3.63) is 42.1 Å². The number of para-hydroxylation sites is 1. The van der Waals surface area contributed by atoms with Gasteiger partial charge in [-0.3, -0.25) is 4.98 Å². The fourth-order valence-corrected chi connectivity index (χ4v) is 3.37. The molecule has 2 atom stereocenters. The van der Waals surface area contributed by atoms with Crippen LogP contribution in [0.5, 0.6) is 0 Å². The van der Waals surface area contributed by atoms with Crippen molar-refractivity contribution in [2.24, 2.45) is 11.8 Å². The molecule has 0 amide bonds. The van der Waals surface area contributed by atoms with E-state index in [0.717, 1.165) is 17.4 Å². The Morgan fingerprint density at radius 3 is 2.45 bits per heavy atom. The molecule has 2 aromatic rings. The molecule has 0 N–H and O–H groups in total. The van der Waals surface area contributed by atoms with Crippen molar-refractivity contribution in [3.63, 3.8) is 0 Å². The van der Waals surface area contributed by atoms with Crippen molar-refractivity contribution in [1.29, 1.82) is 0 Å². The molecule has 2 rings (SSSR count). The molecule has 0 bridgehead atoms. The molecule has 1 aromatic carbocycles. The average molecular weight is 297 g/mol. The standard InChI is InChI=1S/C21H31N/c1-5-18(15-16(2)3)10-8-9-17(4)20-14-13-19-11-6-7-12-21(19)22-20/h6-7,11-14,16-18H,5,8-10,15H2,1-4H3. The molecule has 1 heteroatoms. The van der Waals surface area contributed by atoms with Crippen LogP contribution in [0.15, 0.2) is 36.4 Å². The van der Waals surface area contributed by atoms with Crippen LogP contribution in [0.3, 0.4) is 0 Å². The fourth-order valence-electron chi connectivity index (χ4n) is 3.37. The van der Waals surface area contributed by atoms with E-state index in [2.05, 4.69) is 64.1 Å². The number of fused-ring (bicyclic) bond motifs is 1. The van der Waals surface area contributed by atoms with Crippen LogP contribution in [0.4, 0.5) is 0 Å². The second-order valence-corrected chi connectivity index (χ2v) is 7.16. The molecule has 0 spiro atoms. The Labute approximate surface area is 136 Å². The second kappa shape index (κ2) is 8.31. The molecule has 0 fully saturated rings. The third-order valence-corrected chi connectivity index (χ3v) is 4.76. The Bertz CT molecular complexity index is 573. The molecule has 1 aromatic heterocycles. The zero-order valence-electron chi connectivity index (χ0n) is 14.7. The van der Waals surface area contributed by atoms with Crippen molar-refractivity contribution in [2.75, 3.05) is 0 Å². The largest absolute Gasteiger partial charge is 0.253 e. The van der Waals surface area contributed by atoms with Crippen molar-refractivity contribution in [3.8, 4) is 0 Å². The van der Waals surface area contributed by atoms with Gasteiger partial charge in [0, 0.05) is 11.1 Å². The zero-order chi connectivity index (χ0) is 15.9. The SMILES string of the molecule is CCC(CCCC(C)c1ccc2ccccc2n1)CC(C)C. The Morgan fingerprint density at radius 1 is 0.955 bits per heavy atom. The van der Waals surface area contributed by atoms with Gasteiger partial charge in [-0.1, -0.05) is 71.2 Å². The lowest BCUT2D eigenvalue weighted by Gasteiger charge is -2.18. The molecule has 1 heterocycles. The second-order valence-electron chi connectivity index (χ2n) is 7.16. The van der Waals surface area contributed by atoms with Crippen LogP contribution in [0.25, 0.3) is 10.9 Å². The molecular weight excluding hydrogens is 266 g/mol. The highest BCUT2D eigenvalue weighted by Crippen LogP contribution is 2.26. The highest BCUT2D eigenvalue weighted by atomic mass is 14.7. The van der Waals surface area contributed by atoms with Crippen molar-refractivity contribution >= 4 is 10.9 Å². The van der Waals surface area contributed by atoms with Gasteiger partial charge in [-0.25, -0.2) is 0 Å². The summed E-state index contributed by atoms with van der Waals surface area (Å²) in [5.74, 6) is 2.28. The predicted molar refractivity (Wildman–Crippen MR) is 97.2 cm³/mol. The van der Waals surface area contributed by atoms with Gasteiger partial charge in [0.2, 0.25) is 0 Å². The summed E-state index contributed by atoms with van der Waals surface area (Å²) in [6.07, 6.45) is 6.63. The molecule has 0 aliphatic carbocycles. The molecule has 2 unspecified atom stereocenters. The van der Waals surface area contributed by atoms with E-state index in [1.54, 1.807) is 0 Å². The minimum Gasteiger partial charge on any atom is -0.253 e. The number of aromatic nitrogens is 1. The smallest absolute Gasteiger partial charge is 0.0705 e. The van der Waals surface area contributed by atoms with Crippen LogP contribution in [0.1, 0.15) is 71.4 Å². The lowest BCUT2D eigenvalue weighted by Crippen LogP contribution is -2.05. The van der Waals surface area contributed by atoms with Gasteiger partial charge >= 0.3 is 0 Å². The summed E-state index contributed by atoms with van der Waals surface area (Å²) < 4.78 is 0. The molecule has 1 nitrogen and oxygen atoms in total. The van der Waals surface area contributed by atoms with E-state index in [-0.39, 0.29) is 0 Å². The summed E-state index contributed by atoms with van der Waals surface area (Å²) in [5, 5.41) is 1.24. The van der Waals surface area contributed by atoms with Gasteiger partial charge < -0.3 is 0 Å². The number of hydrogen-bond acceptors (Lipinski definition) is 1. The summed E-state index contributed by atoms with van der Waals surface area (Å²) in [4.78, 5) is 4.84. The van der Waals surface area contributed by atoms with E-state index < -0.39 is 0 Å². The van der Waals surface area contributed by atoms with Crippen LogP contribution in [-0.4, -0.2) is 4.98 Å². The summed E-state index contributed by atoms with van der Waals surface area (Å²) in [5.41, 5.74) is 2.37. The number of rotatable bonds is 8. The Balaban J connectivity index is 1.89. The van der Waals surface area contributed by atoms with E-state index in [1.165, 1.54) is 43.2 Å². The van der Waals surface area contributed by atoms with Gasteiger partial charge in [0.25, 0.3) is 0 Å². The molecular formula is C21H31N. The van der Waals surface area contributed by atoms with Gasteiger partial charge in [-0.15, -0.1) is 0 Å². The molecule has 0 aliphatic rings. The van der Waals surface area contributed by atoms with Crippen LogP contribution < -0.4 is 0 Å². The van der Waals surface area contributed by atoms with E-state index in [9.17, 15) is 0 Å². The van der Waals surface area contributed by atoms with Crippen LogP contribution in [0.2, 0.25) is 0 Å². The van der Waals surface area contributed by atoms with Gasteiger partial charge in [0.05, 0.1) is 5.52 Å². The minimum atomic E-state index is 0.557. The molecule has 0 saturated heterocycles. The summed E-state index contributed by atoms with van der Waals surface area (Å²) in [6, 6.07) is 12.8. The Kier molecular flexibility index (Phi) is 6.42. The third kappa shape index (κ3) is 4.83. The molecule has 0 radical (unpaired) electrons. The quantitative estimate of drug-likeness (QED) is 0.536. The lowest BCUT2D eigenvalue weighted by molar-refractivity contribution is 0.360. The first-order valence-corrected chi connectivity index (χ1v) is 8.95. The van der Waals surface area contributed by atoms with Gasteiger partial charge in [-0.2, -0.15) is 0 Å². The molecule has 0 aliphatic heterocycles. The maximum Gasteiger partial charge on any atom is 0.0705 e. The van der Waals surface area contributed by atoms with Crippen molar-refractivity contribution in [1.82, 2.24) is 4.98 Å². The normalized spacial score (nSPS) is 14.4. The number of benzene rings is 1. The molecule has 0 saturated carbocycles. The fraction of sp³-hybridized carbons (Fsp3) is 0.571. The highest BCUT2D eigenvalue weighted by molar-refractivity contribution is 5.78. The van der Waals surface area contributed by atoms with Crippen molar-refractivity contribution < 1.29 is 0 Å². The monoisotopic (exact) mass is 297 g/mol. The van der Waals surface area contributed by atoms with Gasteiger partial charge in [0.1, 0.15) is 0 Å². The van der Waals surface area contributed by atoms with Crippen molar-refractivity contribution in [2.45, 2.75) is 65.7 Å². The average Bonchev–Trinajstić information content (AvgIpc) is 2.52. The number of nitrogens with zero attached hydrogens (tertiary/aromatic N) is 1. The van der Waals surface area contributed by atoms with Gasteiger partial charge in [-0.05, 0) is 42.7 Å². The van der Waals surface area contributed by atoms with E-state index in [1.807, 2.05) is 0 Å². The highest BCUT2D eigenvalue weighted by Gasteiger charge is 2.12. The minimum absolute atomic E-state index is 0.557. The van der Waals surface area contributed by atoms with Crippen LogP contribution >= 0.6 is 0 Å². The van der Waals surface area contributed by atoms with Crippen LogP contribution in [-0.2, 0) is 0 Å². The first-order valence-electron chi connectivity index (χ1n) is 8.95. The zero-order valence-corrected chi connectivity index (χ0v) is 14.7. The first-order chi connectivity index (χ1) is 10.6. The van der Waals surface area contributed by atoms with E-state index in [0.29, 0.717) is 5.92 Å². The number of pyridine rings is 1. The summed E-state index contributed by atoms with van der Waals surface area (Å²) in [6.45, 7) is 9.33. The van der Waals surface area contributed by atoms with E-state index >= 15 is 0 Å². The summed E-state index contributed by atoms with van der Waals surface area (Å²) >= 11 is 0. The van der Waals surface area contributed by atoms with Crippen LogP contribution in [0, 0.1) is 11.8 Å². The topological polar surface area (TPSA) is 12.9 Å². The number of hydrogen-bond donors (Lipinski definition) is 0. The maximum absolute atomic E-state index is 4.84. The molecule has 22 heavy (non-hydrogen) atoms. The lowest BCUT2D eigenvalue weighted by atomic mass is 9.88. The van der Waals surface area contributed by atoms with E-state index in [4.69, 9.17) is 4.98 Å². The molecule has 120 valence electrons. The predicted octanol–water partition coefficient (Wildman–Crippen LogP) is 6.58. The maximum atomic E-state index is 4.84.